The Balaban J connectivity index is 1.67. The lowest BCUT2D eigenvalue weighted by atomic mass is 10.2. The van der Waals surface area contributed by atoms with Gasteiger partial charge in [0.15, 0.2) is 5.82 Å². The second-order valence-electron chi connectivity index (χ2n) is 5.89. The zero-order valence-corrected chi connectivity index (χ0v) is 13.3. The molecular formula is C16H20FN5O. The maximum Gasteiger partial charge on any atom is 0.289 e. The van der Waals surface area contributed by atoms with Gasteiger partial charge in [0.25, 0.3) is 5.91 Å². The standard InChI is InChI=1S/C16H20FN5O/c1-12(2)22-4-3-19-15(22)16(23)21-7-5-20(6-8-21)14-9-13(17)10-18-11-14/h3-4,9-12H,5-8H2,1-2H3. The average molecular weight is 317 g/mol. The van der Waals surface area contributed by atoms with Crippen molar-refractivity contribution < 1.29 is 9.18 Å². The molecule has 1 amide bonds. The van der Waals surface area contributed by atoms with Crippen LogP contribution in [0.5, 0.6) is 0 Å². The van der Waals surface area contributed by atoms with Gasteiger partial charge in [0.05, 0.1) is 18.1 Å². The van der Waals surface area contributed by atoms with E-state index in [1.807, 2.05) is 29.5 Å². The quantitative estimate of drug-likeness (QED) is 0.868. The van der Waals surface area contributed by atoms with Crippen LogP contribution >= 0.6 is 0 Å². The molecule has 0 aromatic carbocycles. The highest BCUT2D eigenvalue weighted by molar-refractivity contribution is 5.91. The van der Waals surface area contributed by atoms with Crippen molar-refractivity contribution in [2.24, 2.45) is 0 Å². The Morgan fingerprint density at radius 2 is 1.96 bits per heavy atom. The fraction of sp³-hybridized carbons (Fsp3) is 0.438. The Hall–Kier alpha value is -2.44. The van der Waals surface area contributed by atoms with Gasteiger partial charge in [0.1, 0.15) is 5.82 Å². The molecule has 0 aliphatic carbocycles. The zero-order chi connectivity index (χ0) is 16.4. The highest BCUT2D eigenvalue weighted by Crippen LogP contribution is 2.18. The molecule has 0 unspecified atom stereocenters. The van der Waals surface area contributed by atoms with Crippen LogP contribution in [0.3, 0.4) is 0 Å². The number of pyridine rings is 1. The predicted molar refractivity (Wildman–Crippen MR) is 84.9 cm³/mol. The summed E-state index contributed by atoms with van der Waals surface area (Å²) in [6.45, 7) is 6.51. The van der Waals surface area contributed by atoms with Crippen molar-refractivity contribution in [3.05, 3.63) is 42.5 Å². The third-order valence-electron chi connectivity index (χ3n) is 4.04. The van der Waals surface area contributed by atoms with Crippen LogP contribution in [0.4, 0.5) is 10.1 Å². The number of piperazine rings is 1. The first kappa shape index (κ1) is 15.5. The molecule has 23 heavy (non-hydrogen) atoms. The van der Waals surface area contributed by atoms with E-state index in [9.17, 15) is 9.18 Å². The Morgan fingerprint density at radius 1 is 1.22 bits per heavy atom. The number of imidazole rings is 1. The van der Waals surface area contributed by atoms with Crippen molar-refractivity contribution in [2.45, 2.75) is 19.9 Å². The minimum Gasteiger partial charge on any atom is -0.367 e. The van der Waals surface area contributed by atoms with Crippen LogP contribution in [0.2, 0.25) is 0 Å². The molecule has 7 heteroatoms. The molecule has 0 N–H and O–H groups in total. The molecule has 0 radical (unpaired) electrons. The number of anilines is 1. The van der Waals surface area contributed by atoms with Crippen LogP contribution < -0.4 is 4.90 Å². The number of carbonyl (C=O) groups excluding carboxylic acids is 1. The molecule has 0 bridgehead atoms. The van der Waals surface area contributed by atoms with Crippen LogP contribution in [0, 0.1) is 5.82 Å². The third kappa shape index (κ3) is 3.18. The van der Waals surface area contributed by atoms with Gasteiger partial charge in [-0.1, -0.05) is 0 Å². The van der Waals surface area contributed by atoms with E-state index in [-0.39, 0.29) is 17.8 Å². The van der Waals surface area contributed by atoms with E-state index in [1.165, 1.54) is 12.3 Å². The predicted octanol–water partition coefficient (Wildman–Crippen LogP) is 1.96. The van der Waals surface area contributed by atoms with Gasteiger partial charge in [-0.25, -0.2) is 9.37 Å². The van der Waals surface area contributed by atoms with Gasteiger partial charge < -0.3 is 14.4 Å². The van der Waals surface area contributed by atoms with E-state index < -0.39 is 0 Å². The van der Waals surface area contributed by atoms with E-state index in [0.29, 0.717) is 32.0 Å². The number of rotatable bonds is 3. The van der Waals surface area contributed by atoms with Crippen molar-refractivity contribution in [3.8, 4) is 0 Å². The summed E-state index contributed by atoms with van der Waals surface area (Å²) in [5, 5.41) is 0. The summed E-state index contributed by atoms with van der Waals surface area (Å²) in [4.78, 5) is 24.5. The molecule has 1 saturated heterocycles. The normalized spacial score (nSPS) is 15.3. The minimum absolute atomic E-state index is 0.0549. The number of nitrogens with zero attached hydrogens (tertiary/aromatic N) is 5. The Kier molecular flexibility index (Phi) is 4.27. The van der Waals surface area contributed by atoms with Gasteiger partial charge in [0, 0.05) is 50.7 Å². The van der Waals surface area contributed by atoms with E-state index in [4.69, 9.17) is 0 Å². The summed E-state index contributed by atoms with van der Waals surface area (Å²) >= 11 is 0. The summed E-state index contributed by atoms with van der Waals surface area (Å²) < 4.78 is 15.1. The van der Waals surface area contributed by atoms with Crippen LogP contribution in [-0.2, 0) is 0 Å². The maximum atomic E-state index is 13.3. The number of hydrogen-bond acceptors (Lipinski definition) is 4. The van der Waals surface area contributed by atoms with Crippen LogP contribution in [0.1, 0.15) is 30.5 Å². The zero-order valence-electron chi connectivity index (χ0n) is 13.3. The van der Waals surface area contributed by atoms with Gasteiger partial charge in [-0.15, -0.1) is 0 Å². The van der Waals surface area contributed by atoms with Gasteiger partial charge in [0.2, 0.25) is 0 Å². The molecular weight excluding hydrogens is 297 g/mol. The van der Waals surface area contributed by atoms with Crippen LogP contribution in [-0.4, -0.2) is 51.5 Å². The van der Waals surface area contributed by atoms with Crippen LogP contribution in [0.25, 0.3) is 0 Å². The van der Waals surface area contributed by atoms with E-state index in [2.05, 4.69) is 9.97 Å². The summed E-state index contributed by atoms with van der Waals surface area (Å²) in [5.41, 5.74) is 0.751. The first-order valence-electron chi connectivity index (χ1n) is 7.74. The van der Waals surface area contributed by atoms with Crippen LogP contribution in [0.15, 0.2) is 30.9 Å². The van der Waals surface area contributed by atoms with Gasteiger partial charge in [-0.05, 0) is 13.8 Å². The number of hydrogen-bond donors (Lipinski definition) is 0. The molecule has 1 fully saturated rings. The number of halogens is 1. The fourth-order valence-electron chi connectivity index (χ4n) is 2.78. The number of carbonyl (C=O) groups is 1. The Labute approximate surface area is 134 Å². The van der Waals surface area contributed by atoms with E-state index >= 15 is 0 Å². The summed E-state index contributed by atoms with van der Waals surface area (Å²) in [6.07, 6.45) is 6.31. The molecule has 2 aromatic heterocycles. The Bertz CT molecular complexity index is 691. The first-order valence-corrected chi connectivity index (χ1v) is 7.74. The van der Waals surface area contributed by atoms with E-state index in [0.717, 1.165) is 5.69 Å². The minimum atomic E-state index is -0.347. The molecule has 1 aliphatic rings. The monoisotopic (exact) mass is 317 g/mol. The molecule has 122 valence electrons. The Morgan fingerprint density at radius 3 is 2.61 bits per heavy atom. The van der Waals surface area contributed by atoms with Crippen molar-refractivity contribution in [1.29, 1.82) is 0 Å². The topological polar surface area (TPSA) is 54.3 Å². The van der Waals surface area contributed by atoms with Crippen molar-refractivity contribution in [1.82, 2.24) is 19.4 Å². The fourth-order valence-corrected chi connectivity index (χ4v) is 2.78. The lowest BCUT2D eigenvalue weighted by molar-refractivity contribution is 0.0727. The van der Waals surface area contributed by atoms with Crippen molar-refractivity contribution in [3.63, 3.8) is 0 Å². The number of amides is 1. The lowest BCUT2D eigenvalue weighted by Gasteiger charge is -2.35. The molecule has 6 nitrogen and oxygen atoms in total. The van der Waals surface area contributed by atoms with Gasteiger partial charge >= 0.3 is 0 Å². The molecule has 3 rings (SSSR count). The molecule has 3 heterocycles. The van der Waals surface area contributed by atoms with E-state index in [1.54, 1.807) is 17.3 Å². The molecule has 2 aromatic rings. The van der Waals surface area contributed by atoms with Gasteiger partial charge in [-0.2, -0.15) is 0 Å². The summed E-state index contributed by atoms with van der Waals surface area (Å²) in [5.74, 6) is 0.0709. The lowest BCUT2D eigenvalue weighted by Crippen LogP contribution is -2.49. The first-order chi connectivity index (χ1) is 11.1. The SMILES string of the molecule is CC(C)n1ccnc1C(=O)N1CCN(c2cncc(F)c2)CC1. The molecule has 0 atom stereocenters. The van der Waals surface area contributed by atoms with Crippen molar-refractivity contribution in [2.75, 3.05) is 31.1 Å². The highest BCUT2D eigenvalue weighted by atomic mass is 19.1. The highest BCUT2D eigenvalue weighted by Gasteiger charge is 2.25. The maximum absolute atomic E-state index is 13.3. The molecule has 0 saturated carbocycles. The second kappa shape index (κ2) is 6.36. The summed E-state index contributed by atoms with van der Waals surface area (Å²) in [7, 11) is 0. The molecule has 0 spiro atoms. The summed E-state index contributed by atoms with van der Waals surface area (Å²) in [6, 6.07) is 1.66. The second-order valence-corrected chi connectivity index (χ2v) is 5.89. The average Bonchev–Trinajstić information content (AvgIpc) is 3.04. The largest absolute Gasteiger partial charge is 0.367 e. The number of aromatic nitrogens is 3. The smallest absolute Gasteiger partial charge is 0.289 e. The van der Waals surface area contributed by atoms with Crippen molar-refractivity contribution >= 4 is 11.6 Å². The van der Waals surface area contributed by atoms with Gasteiger partial charge in [-0.3, -0.25) is 9.78 Å². The third-order valence-corrected chi connectivity index (χ3v) is 4.04. The molecule has 1 aliphatic heterocycles.